The second-order valence-corrected chi connectivity index (χ2v) is 5.67. The van der Waals surface area contributed by atoms with Gasteiger partial charge in [0.2, 0.25) is 5.91 Å². The van der Waals surface area contributed by atoms with Crippen LogP contribution in [-0.4, -0.2) is 24.1 Å². The van der Waals surface area contributed by atoms with E-state index in [9.17, 15) is 26.9 Å². The van der Waals surface area contributed by atoms with Gasteiger partial charge < -0.3 is 17.3 Å². The number of amides is 2. The number of hydrogen-bond acceptors (Lipinski definition) is 2. The van der Waals surface area contributed by atoms with Crippen LogP contribution in [0.3, 0.4) is 0 Å². The molecule has 0 spiro atoms. The van der Waals surface area contributed by atoms with Crippen LogP contribution < -0.4 is 15.4 Å². The van der Waals surface area contributed by atoms with Crippen molar-refractivity contribution in [1.29, 1.82) is 0 Å². The number of anilines is 1. The van der Waals surface area contributed by atoms with Crippen LogP contribution in [0.1, 0.15) is 65.2 Å². The molecule has 3 N–H and O–H groups in total. The molecule has 1 rings (SSSR count). The molecule has 0 aromatic carbocycles. The average molecular weight is 382 g/mol. The minimum Gasteiger partial charge on any atom is -0.418 e. The fourth-order valence-electron chi connectivity index (χ4n) is 1.98. The summed E-state index contributed by atoms with van der Waals surface area (Å²) < 4.78 is 40.5. The zero-order chi connectivity index (χ0) is 20.0. The lowest BCUT2D eigenvalue weighted by Crippen LogP contribution is -2.49. The Hall–Kier alpha value is -2.07. The van der Waals surface area contributed by atoms with Crippen molar-refractivity contribution in [2.24, 2.45) is 0 Å². The highest BCUT2D eigenvalue weighted by atomic mass is 19.5. The second kappa shape index (κ2) is 13.2. The number of hydrogen-bond donors (Lipinski definition) is 3. The highest BCUT2D eigenvalue weighted by Gasteiger charge is 2.20. The fraction of sp³-hybridized carbons (Fsp3) is 0.667. The van der Waals surface area contributed by atoms with Gasteiger partial charge in [-0.2, -0.15) is 0 Å². The molecule has 26 heavy (non-hydrogen) atoms. The lowest BCUT2D eigenvalue weighted by molar-refractivity contribution is -0.625. The van der Waals surface area contributed by atoms with Gasteiger partial charge in [0.1, 0.15) is 6.20 Å². The number of H-pyrrole nitrogens is 1. The Morgan fingerprint density at radius 2 is 1.50 bits per heavy atom. The van der Waals surface area contributed by atoms with Gasteiger partial charge in [0.05, 0.1) is 6.20 Å². The molecule has 0 aliphatic rings. The van der Waals surface area contributed by atoms with Crippen molar-refractivity contribution in [3.05, 3.63) is 12.4 Å². The van der Waals surface area contributed by atoms with E-state index in [2.05, 4.69) is 29.6 Å². The maximum absolute atomic E-state index is 11.8. The third-order valence-corrected chi connectivity index (χ3v) is 3.20. The zero-order valence-corrected chi connectivity index (χ0v) is 15.2. The smallest absolute Gasteiger partial charge is 0.418 e. The maximum Gasteiger partial charge on any atom is 0.673 e. The first-order chi connectivity index (χ1) is 12.2. The molecular formula is C15H27BF4N4O2. The van der Waals surface area contributed by atoms with E-state index in [-0.39, 0.29) is 11.8 Å². The van der Waals surface area contributed by atoms with Crippen LogP contribution >= 0.6 is 0 Å². The van der Waals surface area contributed by atoms with Gasteiger partial charge in [0.25, 0.3) is 5.91 Å². The Bertz CT molecular complexity index is 493. The quantitative estimate of drug-likeness (QED) is 0.249. The molecule has 0 radical (unpaired) electrons. The average Bonchev–Trinajstić information content (AvgIpc) is 2.93. The van der Waals surface area contributed by atoms with E-state index >= 15 is 0 Å². The van der Waals surface area contributed by atoms with E-state index in [1.54, 1.807) is 12.4 Å². The van der Waals surface area contributed by atoms with Crippen LogP contribution in [-0.2, 0) is 9.59 Å². The van der Waals surface area contributed by atoms with Crippen molar-refractivity contribution >= 4 is 25.0 Å². The molecule has 0 atom stereocenters. The van der Waals surface area contributed by atoms with E-state index in [4.69, 9.17) is 0 Å². The standard InChI is InChI=1S/C15H26N4O2.BF4/c1-3-5-7-9-13(20)17-15-16-11-12-19(15)18-14(21)10-8-6-4-2;2-1(3,4)5/h11-12H,3-10H2,1-2H3,(H2,16,17,18,20,21);/q;-1/p+1. The largest absolute Gasteiger partial charge is 0.673 e. The summed E-state index contributed by atoms with van der Waals surface area (Å²) in [5.41, 5.74) is 2.75. The fourth-order valence-corrected chi connectivity index (χ4v) is 1.98. The summed E-state index contributed by atoms with van der Waals surface area (Å²) in [7, 11) is -6.00. The topological polar surface area (TPSA) is 77.9 Å². The summed E-state index contributed by atoms with van der Waals surface area (Å²) in [6.45, 7) is 4.20. The number of aromatic amines is 1. The van der Waals surface area contributed by atoms with Gasteiger partial charge in [-0.3, -0.25) is 9.59 Å². The van der Waals surface area contributed by atoms with Crippen molar-refractivity contribution in [3.63, 3.8) is 0 Å². The number of unbranched alkanes of at least 4 members (excludes halogenated alkanes) is 4. The molecule has 0 saturated carbocycles. The lowest BCUT2D eigenvalue weighted by atomic mass is 10.2. The molecule has 6 nitrogen and oxygen atoms in total. The van der Waals surface area contributed by atoms with Crippen molar-refractivity contribution in [2.75, 3.05) is 10.7 Å². The molecule has 0 bridgehead atoms. The molecule has 1 heterocycles. The molecule has 0 aliphatic heterocycles. The molecule has 0 aliphatic carbocycles. The first-order valence-electron chi connectivity index (χ1n) is 8.73. The van der Waals surface area contributed by atoms with Crippen molar-refractivity contribution in [2.45, 2.75) is 65.2 Å². The third kappa shape index (κ3) is 14.3. The highest BCUT2D eigenvalue weighted by molar-refractivity contribution is 6.50. The summed E-state index contributed by atoms with van der Waals surface area (Å²) in [6.07, 6.45) is 10.4. The lowest BCUT2D eigenvalue weighted by Gasteiger charge is -2.04. The first kappa shape index (κ1) is 23.9. The predicted octanol–water partition coefficient (Wildman–Crippen LogP) is 3.77. The summed E-state index contributed by atoms with van der Waals surface area (Å²) in [6, 6.07) is 0. The SMILES string of the molecule is CCCCCC(=O)Nc1[nH]cc[n+]1NC(=O)CCCCC.F[B-](F)(F)F. The van der Waals surface area contributed by atoms with Gasteiger partial charge in [-0.15, -0.1) is 4.68 Å². The molecule has 1 aromatic rings. The van der Waals surface area contributed by atoms with Crippen LogP contribution in [0.5, 0.6) is 0 Å². The van der Waals surface area contributed by atoms with Crippen LogP contribution in [0.4, 0.5) is 23.2 Å². The minimum atomic E-state index is -6.00. The molecule has 2 amide bonds. The van der Waals surface area contributed by atoms with E-state index in [1.165, 1.54) is 4.68 Å². The molecule has 0 fully saturated rings. The second-order valence-electron chi connectivity index (χ2n) is 5.67. The third-order valence-electron chi connectivity index (χ3n) is 3.20. The van der Waals surface area contributed by atoms with Crippen molar-refractivity contribution in [1.82, 2.24) is 4.98 Å². The van der Waals surface area contributed by atoms with Gasteiger partial charge in [-0.1, -0.05) is 39.5 Å². The summed E-state index contributed by atoms with van der Waals surface area (Å²) in [5.74, 6) is 0.398. The number of aromatic nitrogens is 2. The van der Waals surface area contributed by atoms with Gasteiger partial charge in [0, 0.05) is 12.8 Å². The molecular weight excluding hydrogens is 355 g/mol. The van der Waals surface area contributed by atoms with E-state index in [0.717, 1.165) is 38.5 Å². The number of carbonyl (C=O) groups excluding carboxylic acids is 2. The molecule has 150 valence electrons. The first-order valence-corrected chi connectivity index (χ1v) is 8.73. The van der Waals surface area contributed by atoms with Crippen LogP contribution in [0.15, 0.2) is 12.4 Å². The van der Waals surface area contributed by atoms with Gasteiger partial charge in [-0.25, -0.2) is 15.7 Å². The van der Waals surface area contributed by atoms with E-state index < -0.39 is 7.25 Å². The van der Waals surface area contributed by atoms with Crippen LogP contribution in [0, 0.1) is 0 Å². The number of imidazole rings is 1. The van der Waals surface area contributed by atoms with Gasteiger partial charge in [-0.05, 0) is 12.8 Å². The van der Waals surface area contributed by atoms with Crippen LogP contribution in [0.25, 0.3) is 0 Å². The molecule has 1 aromatic heterocycles. The predicted molar refractivity (Wildman–Crippen MR) is 92.5 cm³/mol. The summed E-state index contributed by atoms with van der Waals surface area (Å²) in [4.78, 5) is 26.5. The van der Waals surface area contributed by atoms with Gasteiger partial charge in [0.15, 0.2) is 0 Å². The van der Waals surface area contributed by atoms with E-state index in [0.29, 0.717) is 18.8 Å². The Morgan fingerprint density at radius 1 is 1.00 bits per heavy atom. The van der Waals surface area contributed by atoms with Crippen molar-refractivity contribution < 1.29 is 31.5 Å². The number of carbonyl (C=O) groups is 2. The molecule has 0 saturated heterocycles. The maximum atomic E-state index is 11.8. The number of rotatable bonds is 10. The Labute approximate surface area is 150 Å². The molecule has 11 heteroatoms. The van der Waals surface area contributed by atoms with Gasteiger partial charge >= 0.3 is 13.2 Å². The molecule has 0 unspecified atom stereocenters. The highest BCUT2D eigenvalue weighted by Crippen LogP contribution is 2.06. The Balaban J connectivity index is 0.00000110. The summed E-state index contributed by atoms with van der Waals surface area (Å²) >= 11 is 0. The van der Waals surface area contributed by atoms with E-state index in [1.807, 2.05) is 0 Å². The summed E-state index contributed by atoms with van der Waals surface area (Å²) in [5, 5.41) is 2.78. The number of nitrogens with zero attached hydrogens (tertiary/aromatic N) is 1. The monoisotopic (exact) mass is 382 g/mol. The Morgan fingerprint density at radius 3 is 2.00 bits per heavy atom. The minimum absolute atomic E-state index is 0.0418. The normalized spacial score (nSPS) is 10.7. The Kier molecular flexibility index (Phi) is 12.1. The number of halogens is 4. The van der Waals surface area contributed by atoms with Crippen molar-refractivity contribution in [3.8, 4) is 0 Å². The zero-order valence-electron chi connectivity index (χ0n) is 15.2. The number of nitrogens with one attached hydrogen (secondary N) is 3. The van der Waals surface area contributed by atoms with Crippen LogP contribution in [0.2, 0.25) is 0 Å².